The third kappa shape index (κ3) is 4.24. The molecular weight excluding hydrogens is 387 g/mol. The molecule has 0 spiro atoms. The van der Waals surface area contributed by atoms with E-state index in [1.165, 1.54) is 12.8 Å². The van der Waals surface area contributed by atoms with Gasteiger partial charge in [-0.15, -0.1) is 0 Å². The van der Waals surface area contributed by atoms with E-state index in [4.69, 9.17) is 4.74 Å². The molecule has 0 amide bonds. The summed E-state index contributed by atoms with van der Waals surface area (Å²) >= 11 is 2.29. The van der Waals surface area contributed by atoms with Gasteiger partial charge in [-0.05, 0) is 71.7 Å². The highest BCUT2D eigenvalue weighted by Crippen LogP contribution is 2.36. The SMILES string of the molecule is CC(C(=O)O[C@@H]1C[C@H](C)CCC1C(C)C)c1ccccc1I. The van der Waals surface area contributed by atoms with E-state index in [2.05, 4.69) is 43.4 Å². The molecule has 4 atom stereocenters. The Morgan fingerprint density at radius 2 is 1.91 bits per heavy atom. The minimum absolute atomic E-state index is 0.0751. The number of rotatable bonds is 4. The lowest BCUT2D eigenvalue weighted by molar-refractivity contribution is -0.157. The van der Waals surface area contributed by atoms with Crippen molar-refractivity contribution in [3.8, 4) is 0 Å². The Labute approximate surface area is 148 Å². The van der Waals surface area contributed by atoms with Crippen LogP contribution in [0.5, 0.6) is 0 Å². The zero-order valence-corrected chi connectivity index (χ0v) is 16.2. The van der Waals surface area contributed by atoms with Gasteiger partial charge < -0.3 is 4.74 Å². The average molecular weight is 414 g/mol. The van der Waals surface area contributed by atoms with Crippen LogP contribution >= 0.6 is 22.6 Å². The van der Waals surface area contributed by atoms with E-state index in [0.29, 0.717) is 17.8 Å². The van der Waals surface area contributed by atoms with Crippen molar-refractivity contribution in [1.82, 2.24) is 0 Å². The van der Waals surface area contributed by atoms with Crippen molar-refractivity contribution in [2.45, 2.75) is 59.0 Å². The highest BCUT2D eigenvalue weighted by molar-refractivity contribution is 14.1. The molecule has 2 rings (SSSR count). The van der Waals surface area contributed by atoms with Crippen LogP contribution in [0.25, 0.3) is 0 Å². The van der Waals surface area contributed by atoms with Crippen molar-refractivity contribution < 1.29 is 9.53 Å². The monoisotopic (exact) mass is 414 g/mol. The zero-order chi connectivity index (χ0) is 16.3. The molecule has 1 aliphatic rings. The van der Waals surface area contributed by atoms with Gasteiger partial charge in [0.05, 0.1) is 5.92 Å². The molecule has 1 fully saturated rings. The minimum atomic E-state index is -0.196. The maximum atomic E-state index is 12.6. The number of benzene rings is 1. The molecule has 1 aromatic carbocycles. The molecule has 0 bridgehead atoms. The van der Waals surface area contributed by atoms with E-state index >= 15 is 0 Å². The first-order valence-electron chi connectivity index (χ1n) is 8.35. The van der Waals surface area contributed by atoms with Crippen LogP contribution in [0.3, 0.4) is 0 Å². The van der Waals surface area contributed by atoms with Gasteiger partial charge in [0, 0.05) is 3.57 Å². The number of carbonyl (C=O) groups is 1. The molecule has 0 N–H and O–H groups in total. The summed E-state index contributed by atoms with van der Waals surface area (Å²) in [6.07, 6.45) is 3.52. The molecular formula is C19H27IO2. The Bertz CT molecular complexity index is 512. The fraction of sp³-hybridized carbons (Fsp3) is 0.632. The summed E-state index contributed by atoms with van der Waals surface area (Å²) in [6, 6.07) is 8.05. The van der Waals surface area contributed by atoms with Crippen LogP contribution < -0.4 is 0 Å². The van der Waals surface area contributed by atoms with Crippen LogP contribution in [0.15, 0.2) is 24.3 Å². The highest BCUT2D eigenvalue weighted by atomic mass is 127. The molecule has 0 aromatic heterocycles. The van der Waals surface area contributed by atoms with Crippen LogP contribution in [0.2, 0.25) is 0 Å². The summed E-state index contributed by atoms with van der Waals surface area (Å²) in [5, 5.41) is 0. The third-order valence-electron chi connectivity index (χ3n) is 4.95. The molecule has 0 radical (unpaired) electrons. The van der Waals surface area contributed by atoms with Crippen molar-refractivity contribution in [1.29, 1.82) is 0 Å². The Morgan fingerprint density at radius 1 is 1.23 bits per heavy atom. The lowest BCUT2D eigenvalue weighted by Crippen LogP contribution is -2.36. The largest absolute Gasteiger partial charge is 0.462 e. The van der Waals surface area contributed by atoms with Crippen LogP contribution in [0.4, 0.5) is 0 Å². The quantitative estimate of drug-likeness (QED) is 0.487. The van der Waals surface area contributed by atoms with Crippen molar-refractivity contribution >= 4 is 28.6 Å². The predicted octanol–water partition coefficient (Wildman–Crippen LogP) is 5.40. The van der Waals surface area contributed by atoms with Gasteiger partial charge in [0.15, 0.2) is 0 Å². The topological polar surface area (TPSA) is 26.3 Å². The molecule has 22 heavy (non-hydrogen) atoms. The van der Waals surface area contributed by atoms with Gasteiger partial charge >= 0.3 is 5.97 Å². The van der Waals surface area contributed by atoms with E-state index in [9.17, 15) is 4.79 Å². The van der Waals surface area contributed by atoms with E-state index in [1.54, 1.807) is 0 Å². The molecule has 3 heteroatoms. The molecule has 2 unspecified atom stereocenters. The lowest BCUT2D eigenvalue weighted by atomic mass is 9.75. The fourth-order valence-corrected chi connectivity index (χ4v) is 4.31. The van der Waals surface area contributed by atoms with Crippen molar-refractivity contribution in [2.24, 2.45) is 17.8 Å². The predicted molar refractivity (Wildman–Crippen MR) is 98.8 cm³/mol. The second-order valence-corrected chi connectivity index (χ2v) is 8.21. The van der Waals surface area contributed by atoms with E-state index in [1.807, 2.05) is 31.2 Å². The lowest BCUT2D eigenvalue weighted by Gasteiger charge is -2.37. The zero-order valence-electron chi connectivity index (χ0n) is 14.0. The molecule has 2 nitrogen and oxygen atoms in total. The van der Waals surface area contributed by atoms with Gasteiger partial charge in [-0.2, -0.15) is 0 Å². The van der Waals surface area contributed by atoms with Crippen LogP contribution in [-0.2, 0) is 9.53 Å². The number of carbonyl (C=O) groups excluding carboxylic acids is 1. The molecule has 0 saturated heterocycles. The summed E-state index contributed by atoms with van der Waals surface area (Å²) in [7, 11) is 0. The number of hydrogen-bond donors (Lipinski definition) is 0. The van der Waals surface area contributed by atoms with Gasteiger partial charge in [0.25, 0.3) is 0 Å². The van der Waals surface area contributed by atoms with Gasteiger partial charge in [0.2, 0.25) is 0 Å². The summed E-state index contributed by atoms with van der Waals surface area (Å²) in [5.41, 5.74) is 1.07. The molecule has 0 aliphatic heterocycles. The normalized spacial score (nSPS) is 26.7. The molecule has 1 saturated carbocycles. The second kappa shape index (κ2) is 7.80. The molecule has 1 aromatic rings. The standard InChI is InChI=1S/C19H27IO2/c1-12(2)15-10-9-13(3)11-18(15)22-19(21)14(4)16-7-5-6-8-17(16)20/h5-8,12-15,18H,9-11H2,1-4H3/t13-,14?,15?,18-/m1/s1. The second-order valence-electron chi connectivity index (χ2n) is 7.04. The number of ether oxygens (including phenoxy) is 1. The Kier molecular flexibility index (Phi) is 6.30. The molecule has 0 heterocycles. The van der Waals surface area contributed by atoms with Crippen LogP contribution in [-0.4, -0.2) is 12.1 Å². The van der Waals surface area contributed by atoms with E-state index < -0.39 is 0 Å². The van der Waals surface area contributed by atoms with E-state index in [0.717, 1.165) is 15.6 Å². The van der Waals surface area contributed by atoms with Gasteiger partial charge in [-0.1, -0.05) is 45.4 Å². The van der Waals surface area contributed by atoms with Crippen molar-refractivity contribution in [2.75, 3.05) is 0 Å². The Morgan fingerprint density at radius 3 is 2.55 bits per heavy atom. The summed E-state index contributed by atoms with van der Waals surface area (Å²) < 4.78 is 7.09. The first kappa shape index (κ1) is 17.8. The summed E-state index contributed by atoms with van der Waals surface area (Å²) in [4.78, 5) is 12.6. The number of hydrogen-bond acceptors (Lipinski definition) is 2. The summed E-state index contributed by atoms with van der Waals surface area (Å²) in [6.45, 7) is 8.70. The highest BCUT2D eigenvalue weighted by Gasteiger charge is 2.34. The van der Waals surface area contributed by atoms with E-state index in [-0.39, 0.29) is 18.0 Å². The van der Waals surface area contributed by atoms with Crippen LogP contribution in [0, 0.1) is 21.3 Å². The third-order valence-corrected chi connectivity index (χ3v) is 5.94. The van der Waals surface area contributed by atoms with Gasteiger partial charge in [-0.25, -0.2) is 0 Å². The minimum Gasteiger partial charge on any atom is -0.462 e. The van der Waals surface area contributed by atoms with Gasteiger partial charge in [0.1, 0.15) is 6.10 Å². The summed E-state index contributed by atoms with van der Waals surface area (Å²) in [5.74, 6) is 1.45. The Balaban J connectivity index is 2.07. The van der Waals surface area contributed by atoms with Crippen LogP contribution in [0.1, 0.15) is 58.4 Å². The fourth-order valence-electron chi connectivity index (χ4n) is 3.45. The van der Waals surface area contributed by atoms with Gasteiger partial charge in [-0.3, -0.25) is 4.79 Å². The number of halogens is 1. The average Bonchev–Trinajstić information content (AvgIpc) is 2.46. The first-order valence-corrected chi connectivity index (χ1v) is 9.43. The molecule has 122 valence electrons. The van der Waals surface area contributed by atoms with Crippen molar-refractivity contribution in [3.63, 3.8) is 0 Å². The maximum absolute atomic E-state index is 12.6. The van der Waals surface area contributed by atoms with Crippen molar-refractivity contribution in [3.05, 3.63) is 33.4 Å². The Hall–Kier alpha value is -0.580. The maximum Gasteiger partial charge on any atom is 0.313 e. The smallest absolute Gasteiger partial charge is 0.313 e. The molecule has 1 aliphatic carbocycles. The number of esters is 1. The first-order chi connectivity index (χ1) is 10.4.